The molecule has 0 bridgehead atoms. The van der Waals surface area contributed by atoms with Crippen molar-refractivity contribution in [2.75, 3.05) is 13.7 Å². The molecule has 21 heavy (non-hydrogen) atoms. The fourth-order valence-corrected chi connectivity index (χ4v) is 2.89. The monoisotopic (exact) mass is 309 g/mol. The Morgan fingerprint density at radius 2 is 2.29 bits per heavy atom. The summed E-state index contributed by atoms with van der Waals surface area (Å²) in [5.74, 6) is -0.491. The van der Waals surface area contributed by atoms with Gasteiger partial charge in [0, 0.05) is 11.8 Å². The highest BCUT2D eigenvalue weighted by Gasteiger charge is 2.20. The van der Waals surface area contributed by atoms with Crippen LogP contribution < -0.4 is 5.73 Å². The van der Waals surface area contributed by atoms with Crippen LogP contribution in [-0.4, -0.2) is 39.6 Å². The molecule has 0 fully saturated rings. The fourth-order valence-electron chi connectivity index (χ4n) is 2.00. The lowest BCUT2D eigenvalue weighted by molar-refractivity contribution is 0.0592. The van der Waals surface area contributed by atoms with Crippen molar-refractivity contribution in [3.05, 3.63) is 27.5 Å². The lowest BCUT2D eigenvalue weighted by atomic mass is 10.2. The van der Waals surface area contributed by atoms with E-state index in [9.17, 15) is 4.79 Å². The second-order valence-corrected chi connectivity index (χ2v) is 5.50. The molecule has 0 aliphatic carbocycles. The number of aryl methyl sites for hydroxylation is 1. The van der Waals surface area contributed by atoms with Gasteiger partial charge in [0.15, 0.2) is 5.69 Å². The quantitative estimate of drug-likeness (QED) is 0.767. The predicted octanol–water partition coefficient (Wildman–Crippen LogP) is 1.02. The number of hydrogen-bond acceptors (Lipinski definition) is 7. The van der Waals surface area contributed by atoms with Gasteiger partial charge in [-0.2, -0.15) is 0 Å². The molecule has 2 N–H and O–H groups in total. The van der Waals surface area contributed by atoms with Gasteiger partial charge in [0.1, 0.15) is 0 Å². The minimum atomic E-state index is -0.491. The van der Waals surface area contributed by atoms with Crippen molar-refractivity contribution in [2.24, 2.45) is 5.73 Å². The average Bonchev–Trinajstić information content (AvgIpc) is 3.08. The largest absolute Gasteiger partial charge is 0.464 e. The number of thiazole rings is 1. The van der Waals surface area contributed by atoms with Crippen LogP contribution >= 0.6 is 11.3 Å². The molecule has 2 heterocycles. The normalized spacial score (nSPS) is 10.8. The number of carbonyl (C=O) groups is 1. The maximum absolute atomic E-state index is 11.7. The molecule has 2 aromatic rings. The molecule has 0 unspecified atom stereocenters. The van der Waals surface area contributed by atoms with Crippen molar-refractivity contribution in [1.29, 1.82) is 0 Å². The number of hydrogen-bond donors (Lipinski definition) is 1. The molecule has 2 rings (SSSR count). The van der Waals surface area contributed by atoms with E-state index in [4.69, 9.17) is 10.5 Å². The van der Waals surface area contributed by atoms with Crippen molar-refractivity contribution >= 4 is 17.3 Å². The van der Waals surface area contributed by atoms with Gasteiger partial charge < -0.3 is 10.5 Å². The van der Waals surface area contributed by atoms with Crippen LogP contribution in [0.5, 0.6) is 0 Å². The maximum atomic E-state index is 11.7. The number of methoxy groups -OCH3 is 1. The van der Waals surface area contributed by atoms with Gasteiger partial charge in [0.25, 0.3) is 0 Å². The van der Waals surface area contributed by atoms with Crippen molar-refractivity contribution in [3.8, 4) is 0 Å². The van der Waals surface area contributed by atoms with E-state index in [2.05, 4.69) is 22.2 Å². The summed E-state index contributed by atoms with van der Waals surface area (Å²) in [6, 6.07) is 0. The van der Waals surface area contributed by atoms with Crippen molar-refractivity contribution in [1.82, 2.24) is 20.0 Å². The predicted molar refractivity (Wildman–Crippen MR) is 79.3 cm³/mol. The molecule has 7 nitrogen and oxygen atoms in total. The first-order valence-corrected chi connectivity index (χ1v) is 7.71. The molecule has 0 spiro atoms. The number of carbonyl (C=O) groups excluding carboxylic acids is 1. The van der Waals surface area contributed by atoms with Crippen LogP contribution in [0.25, 0.3) is 0 Å². The zero-order valence-corrected chi connectivity index (χ0v) is 13.0. The average molecular weight is 309 g/mol. The summed E-state index contributed by atoms with van der Waals surface area (Å²) < 4.78 is 6.38. The molecule has 114 valence electrons. The Kier molecular flexibility index (Phi) is 5.40. The lowest BCUT2D eigenvalue weighted by Crippen LogP contribution is -2.15. The molecule has 0 saturated heterocycles. The van der Waals surface area contributed by atoms with E-state index in [-0.39, 0.29) is 5.69 Å². The molecule has 0 aliphatic heterocycles. The smallest absolute Gasteiger partial charge is 0.360 e. The third kappa shape index (κ3) is 3.64. The van der Waals surface area contributed by atoms with E-state index in [0.29, 0.717) is 25.2 Å². The SMILES string of the molecule is CCCc1nc(Cn2nnc(C(=O)OC)c2CCN)cs1. The highest BCUT2D eigenvalue weighted by molar-refractivity contribution is 7.09. The van der Waals surface area contributed by atoms with Crippen LogP contribution in [0.15, 0.2) is 5.38 Å². The van der Waals surface area contributed by atoms with Gasteiger partial charge in [-0.05, 0) is 19.4 Å². The number of ether oxygens (including phenoxy) is 1. The topological polar surface area (TPSA) is 95.9 Å². The summed E-state index contributed by atoms with van der Waals surface area (Å²) >= 11 is 1.64. The highest BCUT2D eigenvalue weighted by Crippen LogP contribution is 2.15. The van der Waals surface area contributed by atoms with E-state index in [0.717, 1.165) is 23.5 Å². The molecule has 0 aliphatic rings. The summed E-state index contributed by atoms with van der Waals surface area (Å²) in [6.45, 7) is 3.02. The van der Waals surface area contributed by atoms with Gasteiger partial charge in [-0.25, -0.2) is 14.5 Å². The van der Waals surface area contributed by atoms with Gasteiger partial charge in [0.05, 0.1) is 30.1 Å². The van der Waals surface area contributed by atoms with E-state index in [1.165, 1.54) is 7.11 Å². The number of aromatic nitrogens is 4. The van der Waals surface area contributed by atoms with Crippen LogP contribution in [0, 0.1) is 0 Å². The highest BCUT2D eigenvalue weighted by atomic mass is 32.1. The fraction of sp³-hybridized carbons (Fsp3) is 0.538. The zero-order chi connectivity index (χ0) is 15.2. The van der Waals surface area contributed by atoms with Crippen LogP contribution in [0.2, 0.25) is 0 Å². The molecule has 0 saturated carbocycles. The lowest BCUT2D eigenvalue weighted by Gasteiger charge is -2.04. The molecule has 2 aromatic heterocycles. The molecule has 8 heteroatoms. The molecule has 0 amide bonds. The van der Waals surface area contributed by atoms with Crippen molar-refractivity contribution in [3.63, 3.8) is 0 Å². The third-order valence-electron chi connectivity index (χ3n) is 2.97. The zero-order valence-electron chi connectivity index (χ0n) is 12.2. The van der Waals surface area contributed by atoms with Crippen molar-refractivity contribution < 1.29 is 9.53 Å². The second-order valence-electron chi connectivity index (χ2n) is 4.56. The third-order valence-corrected chi connectivity index (χ3v) is 3.93. The van der Waals surface area contributed by atoms with Crippen LogP contribution in [0.3, 0.4) is 0 Å². The summed E-state index contributed by atoms with van der Waals surface area (Å²) in [5.41, 5.74) is 7.44. The van der Waals surface area contributed by atoms with Gasteiger partial charge >= 0.3 is 5.97 Å². The summed E-state index contributed by atoms with van der Waals surface area (Å²) in [4.78, 5) is 16.2. The van der Waals surface area contributed by atoms with E-state index in [1.807, 2.05) is 5.38 Å². The molecular weight excluding hydrogens is 290 g/mol. The standard InChI is InChI=1S/C13H19N5O2S/c1-3-4-11-15-9(8-21-11)7-18-10(5-6-14)12(16-17-18)13(19)20-2/h8H,3-7,14H2,1-2H3. The van der Waals surface area contributed by atoms with Crippen LogP contribution in [-0.2, 0) is 24.1 Å². The van der Waals surface area contributed by atoms with Crippen LogP contribution in [0.1, 0.15) is 40.2 Å². The second kappa shape index (κ2) is 7.28. The Bertz CT molecular complexity index is 607. The molecule has 0 radical (unpaired) electrons. The summed E-state index contributed by atoms with van der Waals surface area (Å²) in [5, 5.41) is 11.1. The Morgan fingerprint density at radius 1 is 1.48 bits per heavy atom. The Hall–Kier alpha value is -1.80. The number of esters is 1. The van der Waals surface area contributed by atoms with E-state index >= 15 is 0 Å². The minimum absolute atomic E-state index is 0.229. The Morgan fingerprint density at radius 3 is 2.95 bits per heavy atom. The molecule has 0 atom stereocenters. The van der Waals surface area contributed by atoms with E-state index in [1.54, 1.807) is 16.0 Å². The Balaban J connectivity index is 2.22. The van der Waals surface area contributed by atoms with Gasteiger partial charge in [-0.3, -0.25) is 0 Å². The first-order chi connectivity index (χ1) is 10.2. The summed E-state index contributed by atoms with van der Waals surface area (Å²) in [6.07, 6.45) is 2.57. The summed E-state index contributed by atoms with van der Waals surface area (Å²) in [7, 11) is 1.32. The van der Waals surface area contributed by atoms with Gasteiger partial charge in [0.2, 0.25) is 0 Å². The Labute approximate surface area is 127 Å². The first kappa shape index (κ1) is 15.6. The van der Waals surface area contributed by atoms with Gasteiger partial charge in [-0.15, -0.1) is 16.4 Å². The minimum Gasteiger partial charge on any atom is -0.464 e. The number of nitrogens with zero attached hydrogens (tertiary/aromatic N) is 4. The first-order valence-electron chi connectivity index (χ1n) is 6.83. The molecular formula is C13H19N5O2S. The van der Waals surface area contributed by atoms with Crippen LogP contribution in [0.4, 0.5) is 0 Å². The van der Waals surface area contributed by atoms with Crippen molar-refractivity contribution in [2.45, 2.75) is 32.7 Å². The van der Waals surface area contributed by atoms with E-state index < -0.39 is 5.97 Å². The number of nitrogens with two attached hydrogens (primary N) is 1. The maximum Gasteiger partial charge on any atom is 0.360 e. The number of rotatable bonds is 7. The van der Waals surface area contributed by atoms with Gasteiger partial charge in [-0.1, -0.05) is 12.1 Å². The molecule has 0 aromatic carbocycles.